The lowest BCUT2D eigenvalue weighted by Crippen LogP contribution is -2.43. The smallest absolute Gasteiger partial charge is 0.307 e. The van der Waals surface area contributed by atoms with Crippen LogP contribution in [0.25, 0.3) is 0 Å². The molecule has 3 heteroatoms. The average molecular weight is 289 g/mol. The summed E-state index contributed by atoms with van der Waals surface area (Å²) in [6.45, 7) is 9.18. The van der Waals surface area contributed by atoms with E-state index < -0.39 is 5.97 Å². The molecule has 21 heavy (non-hydrogen) atoms. The number of piperidine rings is 1. The Bertz CT molecular complexity index is 467. The summed E-state index contributed by atoms with van der Waals surface area (Å²) in [5.74, 6) is 0.0113. The third kappa shape index (κ3) is 4.31. The summed E-state index contributed by atoms with van der Waals surface area (Å²) < 4.78 is 0. The lowest BCUT2D eigenvalue weighted by atomic mass is 9.84. The Morgan fingerprint density at radius 1 is 1.29 bits per heavy atom. The second-order valence-electron chi connectivity index (χ2n) is 6.68. The van der Waals surface area contributed by atoms with E-state index in [0.29, 0.717) is 18.4 Å². The van der Waals surface area contributed by atoms with Gasteiger partial charge < -0.3 is 10.0 Å². The third-order valence-corrected chi connectivity index (χ3v) is 4.36. The van der Waals surface area contributed by atoms with Crippen LogP contribution in [-0.2, 0) is 11.2 Å². The van der Waals surface area contributed by atoms with Crippen molar-refractivity contribution in [3.8, 4) is 0 Å². The molecule has 2 unspecified atom stereocenters. The zero-order valence-electron chi connectivity index (χ0n) is 13.4. The zero-order valence-corrected chi connectivity index (χ0v) is 13.4. The maximum absolute atomic E-state index is 11.4. The van der Waals surface area contributed by atoms with Gasteiger partial charge in [-0.15, -0.1) is 0 Å². The number of carbonyl (C=O) groups is 1. The van der Waals surface area contributed by atoms with E-state index in [-0.39, 0.29) is 5.92 Å². The molecular formula is C18H27NO2. The van der Waals surface area contributed by atoms with Gasteiger partial charge in [0.1, 0.15) is 0 Å². The molecule has 1 saturated heterocycles. The Hall–Kier alpha value is -1.35. The number of aryl methyl sites for hydroxylation is 1. The van der Waals surface area contributed by atoms with Crippen LogP contribution in [0.2, 0.25) is 0 Å². The number of aliphatic carboxylic acids is 1. The maximum atomic E-state index is 11.4. The molecule has 1 aliphatic heterocycles. The van der Waals surface area contributed by atoms with Gasteiger partial charge in [-0.05, 0) is 35.8 Å². The molecule has 0 aromatic heterocycles. The molecule has 0 bridgehead atoms. The summed E-state index contributed by atoms with van der Waals surface area (Å²) in [7, 11) is 0. The minimum atomic E-state index is -0.654. The third-order valence-electron chi connectivity index (χ3n) is 4.36. The molecule has 1 aromatic rings. The van der Waals surface area contributed by atoms with Crippen LogP contribution in [0.1, 0.15) is 44.2 Å². The SMILES string of the molecule is CCc1ccc(C2CC(C(=O)O)CN(CC(C)C)C2)cc1. The minimum absolute atomic E-state index is 0.242. The van der Waals surface area contributed by atoms with Crippen LogP contribution in [0, 0.1) is 11.8 Å². The molecule has 2 rings (SSSR count). The van der Waals surface area contributed by atoms with E-state index in [1.165, 1.54) is 11.1 Å². The molecule has 116 valence electrons. The van der Waals surface area contributed by atoms with Gasteiger partial charge in [0.2, 0.25) is 0 Å². The molecule has 1 N–H and O–H groups in total. The predicted octanol–water partition coefficient (Wildman–Crippen LogP) is 3.40. The van der Waals surface area contributed by atoms with Gasteiger partial charge in [-0.2, -0.15) is 0 Å². The number of rotatable bonds is 5. The number of carboxylic acids is 1. The highest BCUT2D eigenvalue weighted by molar-refractivity contribution is 5.70. The molecule has 1 heterocycles. The Morgan fingerprint density at radius 2 is 1.95 bits per heavy atom. The van der Waals surface area contributed by atoms with Gasteiger partial charge in [0, 0.05) is 19.6 Å². The standard InChI is InChI=1S/C18H27NO2/c1-4-14-5-7-15(8-6-14)16-9-17(18(20)21)12-19(11-16)10-13(2)3/h5-8,13,16-17H,4,9-12H2,1-3H3,(H,20,21). The van der Waals surface area contributed by atoms with Gasteiger partial charge in [-0.1, -0.05) is 45.0 Å². The zero-order chi connectivity index (χ0) is 15.4. The largest absolute Gasteiger partial charge is 0.481 e. The summed E-state index contributed by atoms with van der Waals surface area (Å²) in [5, 5.41) is 9.41. The molecule has 0 spiro atoms. The molecule has 1 aromatic carbocycles. The Kier molecular flexibility index (Phi) is 5.40. The fourth-order valence-electron chi connectivity index (χ4n) is 3.30. The summed E-state index contributed by atoms with van der Waals surface area (Å²) in [5.41, 5.74) is 2.62. The Balaban J connectivity index is 2.13. The van der Waals surface area contributed by atoms with Crippen molar-refractivity contribution in [3.63, 3.8) is 0 Å². The van der Waals surface area contributed by atoms with Crippen molar-refractivity contribution in [2.75, 3.05) is 19.6 Å². The van der Waals surface area contributed by atoms with Crippen molar-refractivity contribution in [1.82, 2.24) is 4.90 Å². The van der Waals surface area contributed by atoms with E-state index in [0.717, 1.165) is 25.9 Å². The second-order valence-corrected chi connectivity index (χ2v) is 6.68. The van der Waals surface area contributed by atoms with Gasteiger partial charge in [0.25, 0.3) is 0 Å². The quantitative estimate of drug-likeness (QED) is 0.903. The van der Waals surface area contributed by atoms with E-state index in [1.54, 1.807) is 0 Å². The molecule has 0 saturated carbocycles. The van der Waals surface area contributed by atoms with E-state index in [4.69, 9.17) is 0 Å². The van der Waals surface area contributed by atoms with E-state index in [1.807, 2.05) is 0 Å². The molecule has 2 atom stereocenters. The van der Waals surface area contributed by atoms with Crippen molar-refractivity contribution in [2.24, 2.45) is 11.8 Å². The first-order chi connectivity index (χ1) is 9.99. The molecule has 3 nitrogen and oxygen atoms in total. The number of likely N-dealkylation sites (tertiary alicyclic amines) is 1. The van der Waals surface area contributed by atoms with Crippen molar-refractivity contribution in [2.45, 2.75) is 39.5 Å². The van der Waals surface area contributed by atoms with Gasteiger partial charge in [0.15, 0.2) is 0 Å². The van der Waals surface area contributed by atoms with Crippen molar-refractivity contribution in [1.29, 1.82) is 0 Å². The van der Waals surface area contributed by atoms with Gasteiger partial charge in [-0.3, -0.25) is 4.79 Å². The van der Waals surface area contributed by atoms with Crippen LogP contribution in [-0.4, -0.2) is 35.6 Å². The number of benzene rings is 1. The highest BCUT2D eigenvalue weighted by Crippen LogP contribution is 2.31. The number of carboxylic acid groups (broad SMARTS) is 1. The second kappa shape index (κ2) is 7.08. The first-order valence-corrected chi connectivity index (χ1v) is 8.03. The van der Waals surface area contributed by atoms with Crippen LogP contribution >= 0.6 is 0 Å². The lowest BCUT2D eigenvalue weighted by Gasteiger charge is -2.37. The topological polar surface area (TPSA) is 40.5 Å². The normalized spacial score (nSPS) is 23.4. The highest BCUT2D eigenvalue weighted by atomic mass is 16.4. The maximum Gasteiger partial charge on any atom is 0.307 e. The van der Waals surface area contributed by atoms with E-state index in [2.05, 4.69) is 49.9 Å². The van der Waals surface area contributed by atoms with E-state index >= 15 is 0 Å². The molecular weight excluding hydrogens is 262 g/mol. The fourth-order valence-corrected chi connectivity index (χ4v) is 3.30. The monoisotopic (exact) mass is 289 g/mol. The average Bonchev–Trinajstić information content (AvgIpc) is 2.46. The fraction of sp³-hybridized carbons (Fsp3) is 0.611. The number of hydrogen-bond donors (Lipinski definition) is 1. The number of hydrogen-bond acceptors (Lipinski definition) is 2. The minimum Gasteiger partial charge on any atom is -0.481 e. The lowest BCUT2D eigenvalue weighted by molar-refractivity contribution is -0.144. The van der Waals surface area contributed by atoms with E-state index in [9.17, 15) is 9.90 Å². The van der Waals surface area contributed by atoms with Gasteiger partial charge >= 0.3 is 5.97 Å². The summed E-state index contributed by atoms with van der Waals surface area (Å²) in [6, 6.07) is 8.71. The van der Waals surface area contributed by atoms with Crippen LogP contribution in [0.5, 0.6) is 0 Å². The van der Waals surface area contributed by atoms with Crippen LogP contribution in [0.4, 0.5) is 0 Å². The van der Waals surface area contributed by atoms with Crippen molar-refractivity contribution >= 4 is 5.97 Å². The van der Waals surface area contributed by atoms with Gasteiger partial charge in [-0.25, -0.2) is 0 Å². The molecule has 1 fully saturated rings. The van der Waals surface area contributed by atoms with Crippen LogP contribution in [0.3, 0.4) is 0 Å². The Morgan fingerprint density at radius 3 is 2.48 bits per heavy atom. The molecule has 0 aliphatic carbocycles. The van der Waals surface area contributed by atoms with Gasteiger partial charge in [0.05, 0.1) is 5.92 Å². The summed E-state index contributed by atoms with van der Waals surface area (Å²) in [6.07, 6.45) is 1.80. The number of nitrogens with zero attached hydrogens (tertiary/aromatic N) is 1. The van der Waals surface area contributed by atoms with Crippen LogP contribution in [0.15, 0.2) is 24.3 Å². The first kappa shape index (κ1) is 16.0. The summed E-state index contributed by atoms with van der Waals surface area (Å²) in [4.78, 5) is 13.8. The molecule has 1 aliphatic rings. The first-order valence-electron chi connectivity index (χ1n) is 8.03. The predicted molar refractivity (Wildman–Crippen MR) is 85.6 cm³/mol. The summed E-state index contributed by atoms with van der Waals surface area (Å²) >= 11 is 0. The molecule has 0 radical (unpaired) electrons. The van der Waals surface area contributed by atoms with Crippen LogP contribution < -0.4 is 0 Å². The highest BCUT2D eigenvalue weighted by Gasteiger charge is 2.32. The molecule has 0 amide bonds. The Labute approximate surface area is 128 Å². The van der Waals surface area contributed by atoms with Crippen molar-refractivity contribution in [3.05, 3.63) is 35.4 Å². The van der Waals surface area contributed by atoms with Crippen molar-refractivity contribution < 1.29 is 9.90 Å².